The summed E-state index contributed by atoms with van der Waals surface area (Å²) < 4.78 is 26.3. The number of rotatable bonds is 0. The normalized spacial score (nSPS) is 18.8. The van der Waals surface area contributed by atoms with Gasteiger partial charge in [0.2, 0.25) is 5.28 Å². The first-order valence-corrected chi connectivity index (χ1v) is 4.30. The van der Waals surface area contributed by atoms with Crippen LogP contribution in [0.25, 0.3) is 0 Å². The Morgan fingerprint density at radius 3 is 2.77 bits per heavy atom. The molecule has 5 heteroatoms. The van der Waals surface area contributed by atoms with Crippen LogP contribution in [0.4, 0.5) is 8.78 Å². The Labute approximate surface area is 79.0 Å². The number of fused-ring (bicyclic) bond motifs is 1. The topological polar surface area (TPSA) is 25.8 Å². The molecule has 2 rings (SSSR count). The first-order valence-electron chi connectivity index (χ1n) is 3.92. The molecule has 0 aliphatic heterocycles. The molecule has 0 unspecified atom stereocenters. The van der Waals surface area contributed by atoms with Crippen molar-refractivity contribution in [3.63, 3.8) is 0 Å². The van der Waals surface area contributed by atoms with Crippen LogP contribution in [0, 0.1) is 6.92 Å². The lowest BCUT2D eigenvalue weighted by Crippen LogP contribution is -2.11. The van der Waals surface area contributed by atoms with Gasteiger partial charge < -0.3 is 0 Å². The highest BCUT2D eigenvalue weighted by molar-refractivity contribution is 6.28. The van der Waals surface area contributed by atoms with E-state index in [2.05, 4.69) is 9.97 Å². The third-order valence-corrected chi connectivity index (χ3v) is 2.39. The summed E-state index contributed by atoms with van der Waals surface area (Å²) in [7, 11) is 0. The van der Waals surface area contributed by atoms with Crippen molar-refractivity contribution in [3.05, 3.63) is 22.2 Å². The lowest BCUT2D eigenvalue weighted by molar-refractivity contribution is -0.00599. The minimum atomic E-state index is -2.83. The lowest BCUT2D eigenvalue weighted by Gasteiger charge is -2.08. The van der Waals surface area contributed by atoms with Crippen LogP contribution < -0.4 is 0 Å². The van der Waals surface area contributed by atoms with Gasteiger partial charge >= 0.3 is 0 Å². The highest BCUT2D eigenvalue weighted by Crippen LogP contribution is 2.41. The standard InChI is InChI=1S/C8H7ClF2N2/c1-4-5-2-3-8(10,11)6(5)13-7(9)12-4/h2-3H2,1H3. The van der Waals surface area contributed by atoms with Crippen LogP contribution in [0.3, 0.4) is 0 Å². The summed E-state index contributed by atoms with van der Waals surface area (Å²) in [5, 5.41) is -0.0992. The van der Waals surface area contributed by atoms with E-state index in [1.807, 2.05) is 0 Å². The Bertz CT molecular complexity index is 365. The molecule has 1 aliphatic carbocycles. The Kier molecular flexibility index (Phi) is 1.77. The second-order valence-corrected chi connectivity index (χ2v) is 3.45. The molecule has 70 valence electrons. The van der Waals surface area contributed by atoms with E-state index in [-0.39, 0.29) is 17.4 Å². The average molecular weight is 205 g/mol. The highest BCUT2D eigenvalue weighted by Gasteiger charge is 2.42. The Balaban J connectivity index is 2.65. The van der Waals surface area contributed by atoms with Gasteiger partial charge in [0.1, 0.15) is 5.69 Å². The smallest absolute Gasteiger partial charge is 0.223 e. The molecule has 1 aromatic heterocycles. The summed E-state index contributed by atoms with van der Waals surface area (Å²) in [5.41, 5.74) is 0.923. The minimum Gasteiger partial charge on any atom is -0.223 e. The van der Waals surface area contributed by atoms with Gasteiger partial charge in [0, 0.05) is 17.7 Å². The first kappa shape index (κ1) is 8.81. The molecule has 0 N–H and O–H groups in total. The van der Waals surface area contributed by atoms with E-state index in [1.54, 1.807) is 6.92 Å². The molecule has 1 aliphatic rings. The van der Waals surface area contributed by atoms with E-state index in [4.69, 9.17) is 11.6 Å². The number of aromatic nitrogens is 2. The van der Waals surface area contributed by atoms with E-state index < -0.39 is 5.92 Å². The third-order valence-electron chi connectivity index (χ3n) is 2.22. The fourth-order valence-electron chi connectivity index (χ4n) is 1.56. The Morgan fingerprint density at radius 2 is 2.08 bits per heavy atom. The van der Waals surface area contributed by atoms with E-state index >= 15 is 0 Å². The maximum atomic E-state index is 13.1. The lowest BCUT2D eigenvalue weighted by atomic mass is 10.2. The zero-order valence-corrected chi connectivity index (χ0v) is 7.70. The van der Waals surface area contributed by atoms with Gasteiger partial charge in [-0.2, -0.15) is 8.78 Å². The number of nitrogens with zero attached hydrogens (tertiary/aromatic N) is 2. The van der Waals surface area contributed by atoms with Gasteiger partial charge in [0.15, 0.2) is 0 Å². The van der Waals surface area contributed by atoms with Crippen LogP contribution >= 0.6 is 11.6 Å². The zero-order chi connectivity index (χ0) is 9.64. The first-order chi connectivity index (χ1) is 6.00. The van der Waals surface area contributed by atoms with Crippen molar-refractivity contribution in [2.45, 2.75) is 25.7 Å². The van der Waals surface area contributed by atoms with Crippen LogP contribution in [-0.2, 0) is 12.3 Å². The van der Waals surface area contributed by atoms with Crippen molar-refractivity contribution >= 4 is 11.6 Å². The van der Waals surface area contributed by atoms with Gasteiger partial charge in [-0.15, -0.1) is 0 Å². The maximum absolute atomic E-state index is 13.1. The van der Waals surface area contributed by atoms with E-state index in [0.717, 1.165) is 0 Å². The molecule has 0 bridgehead atoms. The van der Waals surface area contributed by atoms with E-state index in [0.29, 0.717) is 17.7 Å². The Hall–Kier alpha value is -0.770. The third kappa shape index (κ3) is 1.29. The molecule has 0 fully saturated rings. The molecule has 0 radical (unpaired) electrons. The number of alkyl halides is 2. The molecule has 0 amide bonds. The van der Waals surface area contributed by atoms with Crippen molar-refractivity contribution < 1.29 is 8.78 Å². The fraction of sp³-hybridized carbons (Fsp3) is 0.500. The molecule has 0 spiro atoms. The molecular formula is C8H7ClF2N2. The SMILES string of the molecule is Cc1nc(Cl)nc2c1CCC2(F)F. The molecule has 13 heavy (non-hydrogen) atoms. The molecule has 0 saturated carbocycles. The van der Waals surface area contributed by atoms with Crippen molar-refractivity contribution in [2.75, 3.05) is 0 Å². The summed E-state index contributed by atoms with van der Waals surface area (Å²) in [4.78, 5) is 7.40. The average Bonchev–Trinajstić information content (AvgIpc) is 2.28. The van der Waals surface area contributed by atoms with Crippen molar-refractivity contribution in [1.82, 2.24) is 9.97 Å². The highest BCUT2D eigenvalue weighted by atomic mass is 35.5. The molecule has 0 saturated heterocycles. The molecule has 2 nitrogen and oxygen atoms in total. The second-order valence-electron chi connectivity index (χ2n) is 3.11. The van der Waals surface area contributed by atoms with Crippen LogP contribution in [0.5, 0.6) is 0 Å². The molecule has 0 aromatic carbocycles. The molecule has 1 aromatic rings. The van der Waals surface area contributed by atoms with Crippen LogP contribution in [0.15, 0.2) is 0 Å². The number of aryl methyl sites for hydroxylation is 1. The predicted molar refractivity (Wildman–Crippen MR) is 44.0 cm³/mol. The van der Waals surface area contributed by atoms with E-state index in [9.17, 15) is 8.78 Å². The summed E-state index contributed by atoms with van der Waals surface area (Å²) >= 11 is 5.50. The number of halogens is 3. The van der Waals surface area contributed by atoms with Gasteiger partial charge in [-0.1, -0.05) is 0 Å². The summed E-state index contributed by atoms with van der Waals surface area (Å²) in [6, 6.07) is 0. The van der Waals surface area contributed by atoms with Gasteiger partial charge in [-0.25, -0.2) is 9.97 Å². The Morgan fingerprint density at radius 1 is 1.38 bits per heavy atom. The van der Waals surface area contributed by atoms with Crippen molar-refractivity contribution in [2.24, 2.45) is 0 Å². The monoisotopic (exact) mass is 204 g/mol. The van der Waals surface area contributed by atoms with Crippen molar-refractivity contribution in [3.8, 4) is 0 Å². The van der Waals surface area contributed by atoms with Crippen LogP contribution in [-0.4, -0.2) is 9.97 Å². The second kappa shape index (κ2) is 2.61. The fourth-order valence-corrected chi connectivity index (χ4v) is 1.78. The van der Waals surface area contributed by atoms with Crippen LogP contribution in [0.2, 0.25) is 5.28 Å². The predicted octanol–water partition coefficient (Wildman–Crippen LogP) is 2.48. The summed E-state index contributed by atoms with van der Waals surface area (Å²) in [5.74, 6) is -2.83. The quantitative estimate of drug-likeness (QED) is 0.607. The van der Waals surface area contributed by atoms with Gasteiger partial charge in [0.25, 0.3) is 5.92 Å². The largest absolute Gasteiger partial charge is 0.290 e. The van der Waals surface area contributed by atoms with Gasteiger partial charge in [0.05, 0.1) is 0 Å². The number of hydrogen-bond donors (Lipinski definition) is 0. The van der Waals surface area contributed by atoms with Crippen LogP contribution in [0.1, 0.15) is 23.4 Å². The van der Waals surface area contributed by atoms with Gasteiger partial charge in [-0.3, -0.25) is 0 Å². The van der Waals surface area contributed by atoms with E-state index in [1.165, 1.54) is 0 Å². The van der Waals surface area contributed by atoms with Gasteiger partial charge in [-0.05, 0) is 24.9 Å². The molecular weight excluding hydrogens is 198 g/mol. The molecule has 0 atom stereocenters. The minimum absolute atomic E-state index is 0.0992. The zero-order valence-electron chi connectivity index (χ0n) is 6.94. The maximum Gasteiger partial charge on any atom is 0.290 e. The molecule has 1 heterocycles. The summed E-state index contributed by atoms with van der Waals surface area (Å²) in [6.45, 7) is 1.67. The number of hydrogen-bond acceptors (Lipinski definition) is 2. The van der Waals surface area contributed by atoms with Crippen molar-refractivity contribution in [1.29, 1.82) is 0 Å². The summed E-state index contributed by atoms with van der Waals surface area (Å²) in [6.07, 6.45) is 0.156.